The Morgan fingerprint density at radius 3 is 2.52 bits per heavy atom. The Kier molecular flexibility index (Phi) is 7.43. The number of methoxy groups -OCH3 is 1. The summed E-state index contributed by atoms with van der Waals surface area (Å²) in [6.07, 6.45) is 6.38. The van der Waals surface area contributed by atoms with Gasteiger partial charge in [0.05, 0.1) is 33.1 Å². The van der Waals surface area contributed by atoms with Gasteiger partial charge in [-0.2, -0.15) is 4.98 Å². The molecule has 0 bridgehead atoms. The standard InChI is InChI=1S/C23H33N5O3/c1-24-18-5-3-17(4-6-18)16-31-22-21(29-2)15-25-23(27-22)26-19-7-9-20(10-8-19)28-11-13-30-14-12-28/h7-10,15,17-18,24H,3-6,11-14,16H2,1-2H3,(H,25,26,27). The first-order valence-electron chi connectivity index (χ1n) is 11.2. The number of rotatable bonds is 8. The molecule has 2 aromatic rings. The summed E-state index contributed by atoms with van der Waals surface area (Å²) in [6, 6.07) is 8.93. The maximum atomic E-state index is 6.06. The molecule has 0 spiro atoms. The topological polar surface area (TPSA) is 80.8 Å². The Morgan fingerprint density at radius 2 is 1.84 bits per heavy atom. The Hall–Kier alpha value is -2.58. The highest BCUT2D eigenvalue weighted by atomic mass is 16.5. The molecule has 2 N–H and O–H groups in total. The molecule has 1 saturated heterocycles. The Bertz CT molecular complexity index is 818. The van der Waals surface area contributed by atoms with Gasteiger partial charge in [-0.3, -0.25) is 0 Å². The highest BCUT2D eigenvalue weighted by molar-refractivity contribution is 5.60. The molecule has 1 saturated carbocycles. The highest BCUT2D eigenvalue weighted by Crippen LogP contribution is 2.29. The average molecular weight is 428 g/mol. The zero-order chi connectivity index (χ0) is 21.5. The van der Waals surface area contributed by atoms with Crippen molar-refractivity contribution in [2.45, 2.75) is 31.7 Å². The van der Waals surface area contributed by atoms with Gasteiger partial charge in [0.15, 0.2) is 5.75 Å². The fourth-order valence-corrected chi connectivity index (χ4v) is 4.18. The molecule has 1 aromatic carbocycles. The van der Waals surface area contributed by atoms with Crippen LogP contribution in [0.15, 0.2) is 30.5 Å². The SMILES string of the molecule is CNC1CCC(COc2nc(Nc3ccc(N4CCOCC4)cc3)ncc2OC)CC1. The minimum atomic E-state index is 0.487. The largest absolute Gasteiger partial charge is 0.490 e. The van der Waals surface area contributed by atoms with Gasteiger partial charge in [-0.25, -0.2) is 4.98 Å². The van der Waals surface area contributed by atoms with Crippen molar-refractivity contribution in [1.82, 2.24) is 15.3 Å². The van der Waals surface area contributed by atoms with E-state index in [1.54, 1.807) is 13.3 Å². The zero-order valence-electron chi connectivity index (χ0n) is 18.5. The van der Waals surface area contributed by atoms with Gasteiger partial charge in [0, 0.05) is 30.5 Å². The maximum Gasteiger partial charge on any atom is 0.262 e. The Morgan fingerprint density at radius 1 is 1.10 bits per heavy atom. The third-order valence-electron chi connectivity index (χ3n) is 6.15. The van der Waals surface area contributed by atoms with E-state index in [1.165, 1.54) is 31.4 Å². The van der Waals surface area contributed by atoms with E-state index in [1.807, 2.05) is 19.2 Å². The molecule has 4 rings (SSSR count). The van der Waals surface area contributed by atoms with Crippen molar-refractivity contribution in [3.8, 4) is 11.6 Å². The molecule has 1 aliphatic carbocycles. The second-order valence-corrected chi connectivity index (χ2v) is 8.16. The van der Waals surface area contributed by atoms with Crippen molar-refractivity contribution < 1.29 is 14.2 Å². The lowest BCUT2D eigenvalue weighted by Crippen LogP contribution is -2.36. The second-order valence-electron chi connectivity index (χ2n) is 8.16. The summed E-state index contributed by atoms with van der Waals surface area (Å²) in [5.41, 5.74) is 2.13. The van der Waals surface area contributed by atoms with Crippen molar-refractivity contribution in [3.05, 3.63) is 30.5 Å². The van der Waals surface area contributed by atoms with E-state index < -0.39 is 0 Å². The number of anilines is 3. The third-order valence-corrected chi connectivity index (χ3v) is 6.15. The van der Waals surface area contributed by atoms with Gasteiger partial charge in [-0.05, 0) is 62.9 Å². The van der Waals surface area contributed by atoms with Crippen LogP contribution in [0.1, 0.15) is 25.7 Å². The summed E-state index contributed by atoms with van der Waals surface area (Å²) in [6.45, 7) is 4.05. The number of nitrogens with zero attached hydrogens (tertiary/aromatic N) is 3. The summed E-state index contributed by atoms with van der Waals surface area (Å²) >= 11 is 0. The number of benzene rings is 1. The van der Waals surface area contributed by atoms with E-state index in [2.05, 4.69) is 37.6 Å². The van der Waals surface area contributed by atoms with Gasteiger partial charge in [0.2, 0.25) is 5.95 Å². The van der Waals surface area contributed by atoms with Crippen molar-refractivity contribution in [2.75, 3.05) is 57.3 Å². The van der Waals surface area contributed by atoms with Gasteiger partial charge in [-0.1, -0.05) is 0 Å². The van der Waals surface area contributed by atoms with Crippen molar-refractivity contribution in [3.63, 3.8) is 0 Å². The van der Waals surface area contributed by atoms with Crippen LogP contribution in [0, 0.1) is 5.92 Å². The zero-order valence-corrected chi connectivity index (χ0v) is 18.5. The lowest BCUT2D eigenvalue weighted by molar-refractivity contribution is 0.122. The first kappa shape index (κ1) is 21.6. The van der Waals surface area contributed by atoms with Gasteiger partial charge in [-0.15, -0.1) is 0 Å². The van der Waals surface area contributed by atoms with Crippen LogP contribution in [0.25, 0.3) is 0 Å². The first-order chi connectivity index (χ1) is 15.2. The summed E-state index contributed by atoms with van der Waals surface area (Å²) in [7, 11) is 3.65. The van der Waals surface area contributed by atoms with E-state index in [4.69, 9.17) is 14.2 Å². The van der Waals surface area contributed by atoms with Gasteiger partial charge in [0.25, 0.3) is 5.88 Å². The van der Waals surface area contributed by atoms with Gasteiger partial charge in [0.1, 0.15) is 0 Å². The van der Waals surface area contributed by atoms with E-state index >= 15 is 0 Å². The minimum absolute atomic E-state index is 0.487. The van der Waals surface area contributed by atoms with Crippen molar-refractivity contribution in [1.29, 1.82) is 0 Å². The predicted octanol–water partition coefficient (Wildman–Crippen LogP) is 3.22. The van der Waals surface area contributed by atoms with E-state index in [0.717, 1.165) is 32.0 Å². The monoisotopic (exact) mass is 427 g/mol. The van der Waals surface area contributed by atoms with Crippen molar-refractivity contribution >= 4 is 17.3 Å². The van der Waals surface area contributed by atoms with Crippen LogP contribution in [0.2, 0.25) is 0 Å². The fourth-order valence-electron chi connectivity index (χ4n) is 4.18. The molecule has 168 valence electrons. The molecule has 1 aromatic heterocycles. The quantitative estimate of drug-likeness (QED) is 0.665. The molecule has 2 heterocycles. The molecule has 8 heteroatoms. The van der Waals surface area contributed by atoms with Crippen LogP contribution < -0.4 is 25.0 Å². The molecule has 0 amide bonds. The molecular formula is C23H33N5O3. The van der Waals surface area contributed by atoms with Crippen LogP contribution in [0.3, 0.4) is 0 Å². The van der Waals surface area contributed by atoms with E-state index in [-0.39, 0.29) is 0 Å². The van der Waals surface area contributed by atoms with E-state index in [9.17, 15) is 0 Å². The lowest BCUT2D eigenvalue weighted by atomic mass is 9.87. The summed E-state index contributed by atoms with van der Waals surface area (Å²) in [4.78, 5) is 11.3. The Labute approximate surface area is 184 Å². The number of hydrogen-bond donors (Lipinski definition) is 2. The highest BCUT2D eigenvalue weighted by Gasteiger charge is 2.21. The summed E-state index contributed by atoms with van der Waals surface area (Å²) in [5, 5.41) is 6.64. The van der Waals surface area contributed by atoms with Crippen LogP contribution in [0.5, 0.6) is 11.6 Å². The molecule has 31 heavy (non-hydrogen) atoms. The summed E-state index contributed by atoms with van der Waals surface area (Å²) < 4.78 is 16.9. The minimum Gasteiger partial charge on any atom is -0.490 e. The molecule has 0 radical (unpaired) electrons. The van der Waals surface area contributed by atoms with Gasteiger partial charge >= 0.3 is 0 Å². The molecule has 2 aliphatic rings. The number of morpholine rings is 1. The Balaban J connectivity index is 1.36. The number of ether oxygens (including phenoxy) is 3. The van der Waals surface area contributed by atoms with Crippen LogP contribution >= 0.6 is 0 Å². The normalized spacial score (nSPS) is 21.5. The smallest absolute Gasteiger partial charge is 0.262 e. The van der Waals surface area contributed by atoms with Crippen molar-refractivity contribution in [2.24, 2.45) is 5.92 Å². The van der Waals surface area contributed by atoms with Crippen LogP contribution in [0.4, 0.5) is 17.3 Å². The number of nitrogens with one attached hydrogen (secondary N) is 2. The number of aromatic nitrogens is 2. The lowest BCUT2D eigenvalue weighted by Gasteiger charge is -2.28. The molecule has 8 nitrogen and oxygen atoms in total. The first-order valence-corrected chi connectivity index (χ1v) is 11.2. The van der Waals surface area contributed by atoms with Crippen LogP contribution in [-0.4, -0.2) is 63.1 Å². The molecule has 2 fully saturated rings. The number of hydrogen-bond acceptors (Lipinski definition) is 8. The van der Waals surface area contributed by atoms with E-state index in [0.29, 0.717) is 36.1 Å². The van der Waals surface area contributed by atoms with Gasteiger partial charge < -0.3 is 29.7 Å². The van der Waals surface area contributed by atoms with Crippen LogP contribution in [-0.2, 0) is 4.74 Å². The summed E-state index contributed by atoms with van der Waals surface area (Å²) in [5.74, 6) is 2.08. The molecule has 0 unspecified atom stereocenters. The fraction of sp³-hybridized carbons (Fsp3) is 0.565. The molecular weight excluding hydrogens is 394 g/mol. The molecule has 1 aliphatic heterocycles. The third kappa shape index (κ3) is 5.77. The predicted molar refractivity (Wildman–Crippen MR) is 122 cm³/mol. The molecule has 0 atom stereocenters. The second kappa shape index (κ2) is 10.6. The average Bonchev–Trinajstić information content (AvgIpc) is 2.84. The maximum absolute atomic E-state index is 6.06.